The van der Waals surface area contributed by atoms with E-state index in [-0.39, 0.29) is 0 Å². The van der Waals surface area contributed by atoms with Gasteiger partial charge in [0.1, 0.15) is 5.75 Å². The van der Waals surface area contributed by atoms with E-state index in [1.165, 1.54) is 5.56 Å². The Morgan fingerprint density at radius 3 is 2.65 bits per heavy atom. The Kier molecular flexibility index (Phi) is 5.38. The molecule has 0 spiro atoms. The fourth-order valence-corrected chi connectivity index (χ4v) is 1.78. The second-order valence-electron chi connectivity index (χ2n) is 4.44. The lowest BCUT2D eigenvalue weighted by molar-refractivity contribution is 0.298. The van der Waals surface area contributed by atoms with Crippen LogP contribution >= 0.6 is 0 Å². The van der Waals surface area contributed by atoms with E-state index in [2.05, 4.69) is 11.9 Å². The van der Waals surface area contributed by atoms with Crippen LogP contribution in [-0.2, 0) is 6.42 Å². The Balaban J connectivity index is 2.08. The Labute approximate surface area is 119 Å². The van der Waals surface area contributed by atoms with Crippen molar-refractivity contribution in [2.24, 2.45) is 5.73 Å². The quantitative estimate of drug-likeness (QED) is 0.841. The molecule has 4 heteroatoms. The number of nitrogens with two attached hydrogens (primary N) is 1. The number of nitrogens with zero attached hydrogens (tertiary/aromatic N) is 1. The number of benzene rings is 1. The maximum atomic E-state index is 5.77. The number of pyridine rings is 1. The van der Waals surface area contributed by atoms with Gasteiger partial charge in [0.05, 0.1) is 6.61 Å². The second kappa shape index (κ2) is 7.50. The molecule has 1 aromatic carbocycles. The standard InChI is InChI=1S/C16H20N2O2/c1-2-12-19-15-4-3-11-18-16(15)20-14-7-5-13(6-8-14)9-10-17/h3-8,11H,2,9-10,12,17H2,1H3. The highest BCUT2D eigenvalue weighted by molar-refractivity contribution is 5.37. The van der Waals surface area contributed by atoms with E-state index in [0.29, 0.717) is 24.8 Å². The molecule has 0 atom stereocenters. The molecule has 0 saturated carbocycles. The molecule has 1 heterocycles. The SMILES string of the molecule is CCCOc1cccnc1Oc1ccc(CCN)cc1. The van der Waals surface area contributed by atoms with Gasteiger partial charge < -0.3 is 15.2 Å². The summed E-state index contributed by atoms with van der Waals surface area (Å²) in [6.45, 7) is 3.36. The summed E-state index contributed by atoms with van der Waals surface area (Å²) in [5.74, 6) is 1.90. The minimum atomic E-state index is 0.493. The van der Waals surface area contributed by atoms with Crippen LogP contribution in [0, 0.1) is 0 Å². The summed E-state index contributed by atoms with van der Waals surface area (Å²) in [4.78, 5) is 4.22. The third kappa shape index (κ3) is 3.96. The van der Waals surface area contributed by atoms with Crippen LogP contribution in [0.2, 0.25) is 0 Å². The molecule has 2 N–H and O–H groups in total. The summed E-state index contributed by atoms with van der Waals surface area (Å²) in [6.07, 6.45) is 3.51. The van der Waals surface area contributed by atoms with Crippen molar-refractivity contribution < 1.29 is 9.47 Å². The smallest absolute Gasteiger partial charge is 0.262 e. The fourth-order valence-electron chi connectivity index (χ4n) is 1.78. The lowest BCUT2D eigenvalue weighted by Gasteiger charge is -2.10. The minimum absolute atomic E-state index is 0.493. The van der Waals surface area contributed by atoms with Gasteiger partial charge in [0.2, 0.25) is 0 Å². The zero-order valence-corrected chi connectivity index (χ0v) is 11.7. The van der Waals surface area contributed by atoms with Crippen LogP contribution in [0.1, 0.15) is 18.9 Å². The number of rotatable bonds is 7. The number of aromatic nitrogens is 1. The molecule has 0 bridgehead atoms. The molecule has 0 unspecified atom stereocenters. The van der Waals surface area contributed by atoms with Crippen LogP contribution in [0.15, 0.2) is 42.6 Å². The van der Waals surface area contributed by atoms with E-state index in [9.17, 15) is 0 Å². The van der Waals surface area contributed by atoms with E-state index >= 15 is 0 Å². The molecule has 0 radical (unpaired) electrons. The van der Waals surface area contributed by atoms with Gasteiger partial charge in [0, 0.05) is 6.20 Å². The van der Waals surface area contributed by atoms with Gasteiger partial charge in [-0.15, -0.1) is 0 Å². The van der Waals surface area contributed by atoms with E-state index in [1.807, 2.05) is 36.4 Å². The second-order valence-corrected chi connectivity index (χ2v) is 4.44. The Bertz CT molecular complexity index is 526. The van der Waals surface area contributed by atoms with Gasteiger partial charge in [-0.25, -0.2) is 4.98 Å². The van der Waals surface area contributed by atoms with E-state index in [0.717, 1.165) is 18.6 Å². The zero-order chi connectivity index (χ0) is 14.2. The first-order valence-corrected chi connectivity index (χ1v) is 6.88. The van der Waals surface area contributed by atoms with Crippen molar-refractivity contribution in [1.82, 2.24) is 4.98 Å². The summed E-state index contributed by atoms with van der Waals surface area (Å²) >= 11 is 0. The summed E-state index contributed by atoms with van der Waals surface area (Å²) in [7, 11) is 0. The molecule has 2 aromatic rings. The molecule has 20 heavy (non-hydrogen) atoms. The molecule has 4 nitrogen and oxygen atoms in total. The van der Waals surface area contributed by atoms with Crippen molar-refractivity contribution in [2.45, 2.75) is 19.8 Å². The lowest BCUT2D eigenvalue weighted by Crippen LogP contribution is -2.02. The van der Waals surface area contributed by atoms with Crippen molar-refractivity contribution >= 4 is 0 Å². The first-order valence-electron chi connectivity index (χ1n) is 6.88. The van der Waals surface area contributed by atoms with Crippen LogP contribution in [0.3, 0.4) is 0 Å². The number of ether oxygens (including phenoxy) is 2. The van der Waals surface area contributed by atoms with E-state index < -0.39 is 0 Å². The molecule has 0 aliphatic rings. The zero-order valence-electron chi connectivity index (χ0n) is 11.7. The van der Waals surface area contributed by atoms with Crippen molar-refractivity contribution in [2.75, 3.05) is 13.2 Å². The van der Waals surface area contributed by atoms with Crippen LogP contribution in [0.4, 0.5) is 0 Å². The van der Waals surface area contributed by atoms with Gasteiger partial charge in [-0.3, -0.25) is 0 Å². The molecule has 1 aromatic heterocycles. The van der Waals surface area contributed by atoms with Crippen molar-refractivity contribution in [1.29, 1.82) is 0 Å². The maximum absolute atomic E-state index is 5.77. The highest BCUT2D eigenvalue weighted by Crippen LogP contribution is 2.29. The normalized spacial score (nSPS) is 10.3. The maximum Gasteiger partial charge on any atom is 0.262 e. The fraction of sp³-hybridized carbons (Fsp3) is 0.312. The van der Waals surface area contributed by atoms with Gasteiger partial charge in [0.25, 0.3) is 5.88 Å². The molecule has 0 aliphatic heterocycles. The van der Waals surface area contributed by atoms with E-state index in [4.69, 9.17) is 15.2 Å². The lowest BCUT2D eigenvalue weighted by atomic mass is 10.1. The van der Waals surface area contributed by atoms with Gasteiger partial charge in [0.15, 0.2) is 5.75 Å². The average molecular weight is 272 g/mol. The molecule has 0 saturated heterocycles. The van der Waals surface area contributed by atoms with Gasteiger partial charge in [-0.1, -0.05) is 19.1 Å². The third-order valence-corrected chi connectivity index (χ3v) is 2.77. The number of hydrogen-bond acceptors (Lipinski definition) is 4. The predicted molar refractivity (Wildman–Crippen MR) is 79.3 cm³/mol. The van der Waals surface area contributed by atoms with E-state index in [1.54, 1.807) is 6.20 Å². The molecule has 0 aliphatic carbocycles. The summed E-state index contributed by atoms with van der Waals surface area (Å²) in [6, 6.07) is 11.6. The van der Waals surface area contributed by atoms with Crippen molar-refractivity contribution in [3.05, 3.63) is 48.2 Å². The third-order valence-electron chi connectivity index (χ3n) is 2.77. The first kappa shape index (κ1) is 14.3. The van der Waals surface area contributed by atoms with Crippen molar-refractivity contribution in [3.8, 4) is 17.4 Å². The van der Waals surface area contributed by atoms with Gasteiger partial charge in [-0.05, 0) is 49.2 Å². The van der Waals surface area contributed by atoms with Crippen LogP contribution in [0.25, 0.3) is 0 Å². The minimum Gasteiger partial charge on any atom is -0.488 e. The molecule has 0 fully saturated rings. The number of hydrogen-bond donors (Lipinski definition) is 1. The molecule has 2 rings (SSSR count). The summed E-state index contributed by atoms with van der Waals surface area (Å²) in [5, 5.41) is 0. The highest BCUT2D eigenvalue weighted by Gasteiger charge is 2.07. The monoisotopic (exact) mass is 272 g/mol. The van der Waals surface area contributed by atoms with Crippen LogP contribution < -0.4 is 15.2 Å². The Hall–Kier alpha value is -2.07. The largest absolute Gasteiger partial charge is 0.488 e. The molecular formula is C16H20N2O2. The van der Waals surface area contributed by atoms with Crippen LogP contribution in [0.5, 0.6) is 17.4 Å². The average Bonchev–Trinajstić information content (AvgIpc) is 2.49. The summed E-state index contributed by atoms with van der Waals surface area (Å²) in [5.41, 5.74) is 6.73. The highest BCUT2D eigenvalue weighted by atomic mass is 16.5. The van der Waals surface area contributed by atoms with Crippen molar-refractivity contribution in [3.63, 3.8) is 0 Å². The molecular weight excluding hydrogens is 252 g/mol. The topological polar surface area (TPSA) is 57.4 Å². The Morgan fingerprint density at radius 1 is 1.15 bits per heavy atom. The van der Waals surface area contributed by atoms with Crippen LogP contribution in [-0.4, -0.2) is 18.1 Å². The molecule has 106 valence electrons. The first-order chi connectivity index (χ1) is 9.83. The van der Waals surface area contributed by atoms with Gasteiger partial charge in [-0.2, -0.15) is 0 Å². The predicted octanol–water partition coefficient (Wildman–Crippen LogP) is 3.16. The Morgan fingerprint density at radius 2 is 1.95 bits per heavy atom. The van der Waals surface area contributed by atoms with Gasteiger partial charge >= 0.3 is 0 Å². The molecule has 0 amide bonds. The summed E-state index contributed by atoms with van der Waals surface area (Å²) < 4.78 is 11.4.